The van der Waals surface area contributed by atoms with Gasteiger partial charge in [0.1, 0.15) is 0 Å². The van der Waals surface area contributed by atoms with Crippen molar-refractivity contribution in [1.29, 1.82) is 0 Å². The summed E-state index contributed by atoms with van der Waals surface area (Å²) in [5.41, 5.74) is 0. The lowest BCUT2D eigenvalue weighted by atomic mass is 10.0. The molecule has 1 saturated carbocycles. The van der Waals surface area contributed by atoms with Crippen LogP contribution in [0, 0.1) is 5.92 Å². The molecule has 1 heterocycles. The van der Waals surface area contributed by atoms with Crippen molar-refractivity contribution in [2.75, 3.05) is 6.54 Å². The molecule has 96 valence electrons. The lowest BCUT2D eigenvalue weighted by molar-refractivity contribution is 0.106. The van der Waals surface area contributed by atoms with E-state index in [1.54, 1.807) is 11.3 Å². The van der Waals surface area contributed by atoms with Crippen molar-refractivity contribution in [3.05, 3.63) is 22.4 Å². The van der Waals surface area contributed by atoms with Gasteiger partial charge in [-0.05, 0) is 36.6 Å². The standard InChI is InChI=1S/C14H23NOS/c1-2-12(14-8-5-9-17-14)15-10-13(16)11-6-3-4-7-11/h5,8-9,11-13,15-16H,2-4,6-7,10H2,1H3. The van der Waals surface area contributed by atoms with Crippen LogP contribution in [-0.2, 0) is 0 Å². The quantitative estimate of drug-likeness (QED) is 0.815. The SMILES string of the molecule is CCC(NCC(O)C1CCCC1)c1cccs1. The van der Waals surface area contributed by atoms with E-state index in [-0.39, 0.29) is 6.10 Å². The highest BCUT2D eigenvalue weighted by atomic mass is 32.1. The molecule has 2 nitrogen and oxygen atoms in total. The molecule has 0 saturated heterocycles. The predicted octanol–water partition coefficient (Wildman–Crippen LogP) is 3.34. The number of hydrogen-bond donors (Lipinski definition) is 2. The average Bonchev–Trinajstić information content (AvgIpc) is 3.02. The van der Waals surface area contributed by atoms with Crippen molar-refractivity contribution in [3.63, 3.8) is 0 Å². The van der Waals surface area contributed by atoms with E-state index in [9.17, 15) is 5.11 Å². The number of hydrogen-bond acceptors (Lipinski definition) is 3. The summed E-state index contributed by atoms with van der Waals surface area (Å²) in [6, 6.07) is 4.68. The second-order valence-electron chi connectivity index (χ2n) is 5.00. The molecule has 2 atom stereocenters. The molecule has 1 aromatic rings. The summed E-state index contributed by atoms with van der Waals surface area (Å²) in [5.74, 6) is 0.531. The fourth-order valence-corrected chi connectivity index (χ4v) is 3.59. The van der Waals surface area contributed by atoms with Crippen LogP contribution in [0.15, 0.2) is 17.5 Å². The topological polar surface area (TPSA) is 32.3 Å². The summed E-state index contributed by atoms with van der Waals surface area (Å²) in [5, 5.41) is 15.8. The molecule has 1 fully saturated rings. The van der Waals surface area contributed by atoms with Gasteiger partial charge in [0.15, 0.2) is 0 Å². The number of aliphatic hydroxyl groups excluding tert-OH is 1. The maximum Gasteiger partial charge on any atom is 0.0692 e. The maximum absolute atomic E-state index is 10.1. The molecule has 3 heteroatoms. The molecular weight excluding hydrogens is 230 g/mol. The molecule has 0 bridgehead atoms. The minimum absolute atomic E-state index is 0.161. The first-order valence-electron chi connectivity index (χ1n) is 6.76. The van der Waals surface area contributed by atoms with Gasteiger partial charge >= 0.3 is 0 Å². The first-order chi connectivity index (χ1) is 8.31. The molecule has 0 aliphatic heterocycles. The third-order valence-corrected chi connectivity index (χ3v) is 4.80. The minimum atomic E-state index is -0.161. The molecule has 0 radical (unpaired) electrons. The van der Waals surface area contributed by atoms with E-state index in [1.807, 2.05) is 0 Å². The Morgan fingerprint density at radius 2 is 2.24 bits per heavy atom. The largest absolute Gasteiger partial charge is 0.392 e. The molecule has 1 aromatic heterocycles. The third-order valence-electron chi connectivity index (χ3n) is 3.81. The molecule has 1 aliphatic carbocycles. The highest BCUT2D eigenvalue weighted by Gasteiger charge is 2.23. The van der Waals surface area contributed by atoms with Gasteiger partial charge in [0.05, 0.1) is 6.10 Å². The minimum Gasteiger partial charge on any atom is -0.392 e. The second kappa shape index (κ2) is 6.53. The number of rotatable bonds is 6. The van der Waals surface area contributed by atoms with Gasteiger partial charge in [-0.15, -0.1) is 11.3 Å². The number of thiophene rings is 1. The number of aliphatic hydroxyl groups is 1. The Labute approximate surface area is 108 Å². The first kappa shape index (κ1) is 13.1. The van der Waals surface area contributed by atoms with Gasteiger partial charge in [-0.25, -0.2) is 0 Å². The zero-order chi connectivity index (χ0) is 12.1. The Kier molecular flexibility index (Phi) is 5.01. The van der Waals surface area contributed by atoms with E-state index in [4.69, 9.17) is 0 Å². The second-order valence-corrected chi connectivity index (χ2v) is 5.98. The zero-order valence-corrected chi connectivity index (χ0v) is 11.4. The summed E-state index contributed by atoms with van der Waals surface area (Å²) in [7, 11) is 0. The Balaban J connectivity index is 1.79. The fourth-order valence-electron chi connectivity index (χ4n) is 2.71. The summed E-state index contributed by atoms with van der Waals surface area (Å²) < 4.78 is 0. The predicted molar refractivity (Wildman–Crippen MR) is 73.3 cm³/mol. The van der Waals surface area contributed by atoms with E-state index >= 15 is 0 Å². The molecule has 2 rings (SSSR count). The lowest BCUT2D eigenvalue weighted by Gasteiger charge is -2.22. The van der Waals surface area contributed by atoms with Crippen LogP contribution in [0.2, 0.25) is 0 Å². The number of nitrogens with one attached hydrogen (secondary N) is 1. The van der Waals surface area contributed by atoms with Crippen molar-refractivity contribution in [2.45, 2.75) is 51.2 Å². The van der Waals surface area contributed by atoms with E-state index in [0.29, 0.717) is 12.0 Å². The fraction of sp³-hybridized carbons (Fsp3) is 0.714. The van der Waals surface area contributed by atoms with Crippen LogP contribution in [0.5, 0.6) is 0 Å². The van der Waals surface area contributed by atoms with Crippen LogP contribution in [0.25, 0.3) is 0 Å². The molecule has 2 unspecified atom stereocenters. The van der Waals surface area contributed by atoms with Gasteiger partial charge in [0, 0.05) is 17.5 Å². The third kappa shape index (κ3) is 3.54. The van der Waals surface area contributed by atoms with E-state index in [2.05, 4.69) is 29.8 Å². The van der Waals surface area contributed by atoms with Gasteiger partial charge in [0.2, 0.25) is 0 Å². The van der Waals surface area contributed by atoms with Gasteiger partial charge in [-0.3, -0.25) is 0 Å². The summed E-state index contributed by atoms with van der Waals surface area (Å²) in [6.07, 6.45) is 5.93. The highest BCUT2D eigenvalue weighted by molar-refractivity contribution is 7.10. The Morgan fingerprint density at radius 1 is 1.47 bits per heavy atom. The molecule has 17 heavy (non-hydrogen) atoms. The maximum atomic E-state index is 10.1. The van der Waals surface area contributed by atoms with Gasteiger partial charge in [0.25, 0.3) is 0 Å². The van der Waals surface area contributed by atoms with Crippen LogP contribution in [0.3, 0.4) is 0 Å². The first-order valence-corrected chi connectivity index (χ1v) is 7.64. The van der Waals surface area contributed by atoms with E-state index in [0.717, 1.165) is 13.0 Å². The molecule has 0 aromatic carbocycles. The molecule has 0 spiro atoms. The van der Waals surface area contributed by atoms with Gasteiger partial charge in [-0.2, -0.15) is 0 Å². The lowest BCUT2D eigenvalue weighted by Crippen LogP contribution is -2.33. The molecule has 1 aliphatic rings. The van der Waals surface area contributed by atoms with Crippen LogP contribution in [0.4, 0.5) is 0 Å². The van der Waals surface area contributed by atoms with Gasteiger partial charge in [-0.1, -0.05) is 25.8 Å². The van der Waals surface area contributed by atoms with Crippen LogP contribution >= 0.6 is 11.3 Å². The summed E-state index contributed by atoms with van der Waals surface area (Å²) in [6.45, 7) is 2.93. The van der Waals surface area contributed by atoms with E-state index in [1.165, 1.54) is 30.6 Å². The Morgan fingerprint density at radius 3 is 2.82 bits per heavy atom. The molecular formula is C14H23NOS. The van der Waals surface area contributed by atoms with Crippen LogP contribution < -0.4 is 5.32 Å². The smallest absolute Gasteiger partial charge is 0.0692 e. The monoisotopic (exact) mass is 253 g/mol. The Hall–Kier alpha value is -0.380. The Bertz CT molecular complexity index is 306. The van der Waals surface area contributed by atoms with Crippen molar-refractivity contribution < 1.29 is 5.11 Å². The van der Waals surface area contributed by atoms with Crippen LogP contribution in [-0.4, -0.2) is 17.8 Å². The zero-order valence-electron chi connectivity index (χ0n) is 10.6. The summed E-state index contributed by atoms with van der Waals surface area (Å²) >= 11 is 1.80. The van der Waals surface area contributed by atoms with Crippen molar-refractivity contribution in [3.8, 4) is 0 Å². The van der Waals surface area contributed by atoms with E-state index < -0.39 is 0 Å². The molecule has 2 N–H and O–H groups in total. The average molecular weight is 253 g/mol. The normalized spacial score (nSPS) is 20.6. The van der Waals surface area contributed by atoms with Crippen LogP contribution in [0.1, 0.15) is 49.9 Å². The molecule has 0 amide bonds. The van der Waals surface area contributed by atoms with Crippen molar-refractivity contribution in [2.24, 2.45) is 5.92 Å². The highest BCUT2D eigenvalue weighted by Crippen LogP contribution is 2.28. The van der Waals surface area contributed by atoms with Gasteiger partial charge < -0.3 is 10.4 Å². The van der Waals surface area contributed by atoms with Crippen molar-refractivity contribution >= 4 is 11.3 Å². The summed E-state index contributed by atoms with van der Waals surface area (Å²) in [4.78, 5) is 1.38. The van der Waals surface area contributed by atoms with Crippen molar-refractivity contribution in [1.82, 2.24) is 5.32 Å².